The van der Waals surface area contributed by atoms with Gasteiger partial charge in [-0.25, -0.2) is 4.89 Å². The molecule has 1 rings (SSSR count). The highest BCUT2D eigenvalue weighted by Gasteiger charge is 2.14. The largest absolute Gasteiger partial charge is 0.357 e. The molecule has 0 heterocycles. The van der Waals surface area contributed by atoms with Crippen molar-refractivity contribution in [3.05, 3.63) is 34.9 Å². The highest BCUT2D eigenvalue weighted by Crippen LogP contribution is 2.33. The molecule has 0 saturated heterocycles. The Labute approximate surface area is 91.9 Å². The summed E-state index contributed by atoms with van der Waals surface area (Å²) in [4.78, 5) is 21.3. The third kappa shape index (κ3) is 3.67. The van der Waals surface area contributed by atoms with Crippen LogP contribution in [0.3, 0.4) is 0 Å². The van der Waals surface area contributed by atoms with Crippen LogP contribution in [0.4, 0.5) is 0 Å². The van der Waals surface area contributed by atoms with Crippen molar-refractivity contribution < 1.29 is 19.3 Å². The number of rotatable bonds is 4. The van der Waals surface area contributed by atoms with Crippen LogP contribution < -0.4 is 0 Å². The first-order chi connectivity index (χ1) is 6.61. The zero-order valence-electron chi connectivity index (χ0n) is 6.80. The van der Waals surface area contributed by atoms with Crippen LogP contribution >= 0.6 is 31.8 Å². The Hall–Kier alpha value is 0.0700. The van der Waals surface area contributed by atoms with Gasteiger partial charge in [-0.05, 0) is 6.07 Å². The zero-order valence-corrected chi connectivity index (χ0v) is 9.21. The fourth-order valence-corrected chi connectivity index (χ4v) is 1.52. The third-order valence-corrected chi connectivity index (χ3v) is 2.22. The van der Waals surface area contributed by atoms with E-state index in [0.717, 1.165) is 0 Å². The summed E-state index contributed by atoms with van der Waals surface area (Å²) in [6.07, 6.45) is 0. The molecule has 0 fully saturated rings. The quantitative estimate of drug-likeness (QED) is 0.377. The van der Waals surface area contributed by atoms with Crippen molar-refractivity contribution in [3.8, 4) is 0 Å². The number of halogens is 2. The molecule has 7 heteroatoms. The van der Waals surface area contributed by atoms with Gasteiger partial charge in [0.15, 0.2) is 5.56 Å². The van der Waals surface area contributed by atoms with Crippen LogP contribution in [0.15, 0.2) is 24.3 Å². The predicted octanol–water partition coefficient (Wildman–Crippen LogP) is 2.74. The first-order valence-corrected chi connectivity index (χ1v) is 5.49. The van der Waals surface area contributed by atoms with E-state index in [1.54, 1.807) is 24.3 Å². The van der Waals surface area contributed by atoms with Gasteiger partial charge in [-0.3, -0.25) is 0 Å². The van der Waals surface area contributed by atoms with Gasteiger partial charge in [0.2, 0.25) is 0 Å². The van der Waals surface area contributed by atoms with Crippen molar-refractivity contribution in [2.24, 2.45) is 0 Å². The second-order valence-corrected chi connectivity index (χ2v) is 3.72. The molecule has 1 unspecified atom stereocenters. The molecule has 1 aromatic rings. The van der Waals surface area contributed by atoms with Crippen LogP contribution in [0.5, 0.6) is 0 Å². The lowest BCUT2D eigenvalue weighted by molar-refractivity contribution is -0.229. The molecule has 14 heavy (non-hydrogen) atoms. The molecule has 1 aromatic carbocycles. The van der Waals surface area contributed by atoms with Crippen molar-refractivity contribution >= 4 is 31.8 Å². The van der Waals surface area contributed by atoms with E-state index in [1.807, 2.05) is 0 Å². The molecule has 0 spiro atoms. The molecule has 0 aliphatic rings. The molecule has 78 valence electrons. The van der Waals surface area contributed by atoms with Gasteiger partial charge in [0.25, 0.3) is 0 Å². The zero-order chi connectivity index (χ0) is 10.6. The summed E-state index contributed by atoms with van der Waals surface area (Å²) in [7, 11) is -2.58. The van der Waals surface area contributed by atoms with Crippen LogP contribution in [-0.4, -0.2) is 9.79 Å². The second kappa shape index (κ2) is 5.83. The summed E-state index contributed by atoms with van der Waals surface area (Å²) in [6, 6.07) is 6.73. The molecule has 0 aliphatic heterocycles. The number of hydrogen-bond acceptors (Lipinski definition) is 4. The van der Waals surface area contributed by atoms with Crippen LogP contribution in [0.1, 0.15) is 11.1 Å². The second-order valence-electron chi connectivity index (χ2n) is 2.26. The average Bonchev–Trinajstić information content (AvgIpc) is 2.15. The minimum absolute atomic E-state index is 0.413. The summed E-state index contributed by atoms with van der Waals surface area (Å²) in [5.41, 5.74) is -0.485. The lowest BCUT2D eigenvalue weighted by Crippen LogP contribution is -1.96. The van der Waals surface area contributed by atoms with Crippen LogP contribution in [0.25, 0.3) is 0 Å². The molecule has 0 radical (unpaired) electrons. The molecule has 0 aromatic heterocycles. The molecule has 2 N–H and O–H groups in total. The van der Waals surface area contributed by atoms with Gasteiger partial charge in [-0.1, -0.05) is 41.4 Å². The van der Waals surface area contributed by atoms with E-state index < -0.39 is 14.2 Å². The smallest absolute Gasteiger partial charge is 0.327 e. The molecule has 4 nitrogen and oxygen atoms in total. The van der Waals surface area contributed by atoms with Gasteiger partial charge >= 0.3 is 8.60 Å². The summed E-state index contributed by atoms with van der Waals surface area (Å²) in [6.45, 7) is 0. The van der Waals surface area contributed by atoms with E-state index in [9.17, 15) is 0 Å². The fraction of sp³-hybridized carbons (Fsp3) is 0.143. The third-order valence-electron chi connectivity index (χ3n) is 1.34. The van der Waals surface area contributed by atoms with Crippen molar-refractivity contribution in [2.45, 2.75) is 5.56 Å². The van der Waals surface area contributed by atoms with Crippen LogP contribution in [-0.2, 0) is 9.56 Å². The molecular weight excluding hydrogens is 250 g/mol. The summed E-state index contributed by atoms with van der Waals surface area (Å²) in [5, 5.41) is 0.413. The highest BCUT2D eigenvalue weighted by atomic mass is 35.5. The fourth-order valence-electron chi connectivity index (χ4n) is 0.787. The first kappa shape index (κ1) is 12.1. The normalized spacial score (nSPS) is 13.2. The minimum atomic E-state index is -2.58. The van der Waals surface area contributed by atoms with E-state index in [-0.39, 0.29) is 0 Å². The minimum Gasteiger partial charge on any atom is -0.327 e. The van der Waals surface area contributed by atoms with Crippen molar-refractivity contribution in [2.75, 3.05) is 0 Å². The molecule has 0 amide bonds. The molecule has 1 atom stereocenters. The molecule has 0 bridgehead atoms. The van der Waals surface area contributed by atoms with E-state index in [2.05, 4.69) is 9.56 Å². The Balaban J connectivity index is 2.60. The number of hydrogen-bond donors (Lipinski definition) is 2. The van der Waals surface area contributed by atoms with Gasteiger partial charge in [-0.2, -0.15) is 4.67 Å². The van der Waals surface area contributed by atoms with Crippen molar-refractivity contribution in [1.29, 1.82) is 0 Å². The van der Waals surface area contributed by atoms with Crippen LogP contribution in [0.2, 0.25) is 5.02 Å². The molecular formula is C7H7Cl2O4P. The summed E-state index contributed by atoms with van der Waals surface area (Å²) in [5.74, 6) is 0. The Bertz CT molecular complexity index is 297. The lowest BCUT2D eigenvalue weighted by Gasteiger charge is -2.11. The van der Waals surface area contributed by atoms with Gasteiger partial charge in [-0.15, -0.1) is 0 Å². The SMILES string of the molecule is OP(O)OOC(Cl)c1ccccc1Cl. The molecule has 0 saturated carbocycles. The van der Waals surface area contributed by atoms with E-state index in [1.165, 1.54) is 0 Å². The first-order valence-electron chi connectivity index (χ1n) is 3.51. The topological polar surface area (TPSA) is 58.9 Å². The maximum atomic E-state index is 8.40. The van der Waals surface area contributed by atoms with Gasteiger partial charge in [0.1, 0.15) is 0 Å². The van der Waals surface area contributed by atoms with E-state index in [0.29, 0.717) is 10.6 Å². The number of benzene rings is 1. The maximum absolute atomic E-state index is 8.40. The average molecular weight is 257 g/mol. The van der Waals surface area contributed by atoms with Crippen molar-refractivity contribution in [1.82, 2.24) is 0 Å². The predicted molar refractivity (Wildman–Crippen MR) is 53.6 cm³/mol. The molecule has 0 aliphatic carbocycles. The summed E-state index contributed by atoms with van der Waals surface area (Å²) < 4.78 is 4.10. The van der Waals surface area contributed by atoms with E-state index >= 15 is 0 Å². The number of alkyl halides is 1. The monoisotopic (exact) mass is 256 g/mol. The van der Waals surface area contributed by atoms with Crippen molar-refractivity contribution in [3.63, 3.8) is 0 Å². The van der Waals surface area contributed by atoms with E-state index in [4.69, 9.17) is 33.0 Å². The maximum Gasteiger partial charge on any atom is 0.357 e. The highest BCUT2D eigenvalue weighted by molar-refractivity contribution is 7.39. The Kier molecular flexibility index (Phi) is 5.06. The Morgan fingerprint density at radius 2 is 1.93 bits per heavy atom. The lowest BCUT2D eigenvalue weighted by atomic mass is 10.2. The Morgan fingerprint density at radius 1 is 1.29 bits per heavy atom. The van der Waals surface area contributed by atoms with Crippen LogP contribution in [0, 0.1) is 0 Å². The standard InChI is InChI=1S/C7H7Cl2O4P/c8-6-4-2-1-3-5(6)7(9)12-13-14(10)11/h1-4,7,10-11H. The summed E-state index contributed by atoms with van der Waals surface area (Å²) >= 11 is 11.5. The Morgan fingerprint density at radius 3 is 2.50 bits per heavy atom. The van der Waals surface area contributed by atoms with Gasteiger partial charge < -0.3 is 9.79 Å². The van der Waals surface area contributed by atoms with Gasteiger partial charge in [0.05, 0.1) is 0 Å². The van der Waals surface area contributed by atoms with Gasteiger partial charge in [0, 0.05) is 10.6 Å².